The van der Waals surface area contributed by atoms with Gasteiger partial charge in [0, 0.05) is 11.8 Å². The molecule has 1 aliphatic carbocycles. The molecule has 0 unspecified atom stereocenters. The number of rotatable bonds is 4. The predicted molar refractivity (Wildman–Crippen MR) is 97.6 cm³/mol. The van der Waals surface area contributed by atoms with E-state index < -0.39 is 0 Å². The van der Waals surface area contributed by atoms with Gasteiger partial charge in [-0.2, -0.15) is 5.26 Å². The van der Waals surface area contributed by atoms with Crippen LogP contribution in [-0.2, 0) is 17.6 Å². The lowest BCUT2D eigenvalue weighted by molar-refractivity contribution is -0.118. The fourth-order valence-electron chi connectivity index (χ4n) is 2.59. The summed E-state index contributed by atoms with van der Waals surface area (Å²) in [6, 6.07) is 11.6. The Balaban J connectivity index is 0.000000647. The van der Waals surface area contributed by atoms with Gasteiger partial charge < -0.3 is 10.1 Å². The summed E-state index contributed by atoms with van der Waals surface area (Å²) in [4.78, 5) is 13.4. The summed E-state index contributed by atoms with van der Waals surface area (Å²) in [5.74, 6) is 0.662. The highest BCUT2D eigenvalue weighted by molar-refractivity contribution is 7.16. The van der Waals surface area contributed by atoms with Gasteiger partial charge >= 0.3 is 0 Å². The highest BCUT2D eigenvalue weighted by atomic mass is 32.1. The zero-order chi connectivity index (χ0) is 17.4. The van der Waals surface area contributed by atoms with Crippen LogP contribution in [0.4, 0.5) is 5.00 Å². The third kappa shape index (κ3) is 5.10. The molecule has 1 aromatic heterocycles. The molecule has 1 aliphatic rings. The van der Waals surface area contributed by atoms with Crippen molar-refractivity contribution in [3.63, 3.8) is 0 Å². The molecule has 1 heterocycles. The maximum Gasteiger partial charge on any atom is 0.262 e. The summed E-state index contributed by atoms with van der Waals surface area (Å²) >= 11 is 1.70. The van der Waals surface area contributed by atoms with Crippen LogP contribution in [-0.4, -0.2) is 12.5 Å². The Morgan fingerprint density at radius 1 is 1.33 bits per heavy atom. The van der Waals surface area contributed by atoms with Crippen molar-refractivity contribution in [1.82, 2.24) is 0 Å². The molecule has 0 bridgehead atoms. The van der Waals surface area contributed by atoms with E-state index in [9.17, 15) is 4.79 Å². The second-order valence-electron chi connectivity index (χ2n) is 5.59. The van der Waals surface area contributed by atoms with Crippen LogP contribution in [0.15, 0.2) is 30.3 Å². The van der Waals surface area contributed by atoms with Gasteiger partial charge in [-0.05, 0) is 55.9 Å². The van der Waals surface area contributed by atoms with Gasteiger partial charge in [0.15, 0.2) is 6.61 Å². The predicted octanol–water partition coefficient (Wildman–Crippen LogP) is 4.48. The number of thiophene rings is 1. The number of nitrogens with one attached hydrogen (secondary N) is 1. The molecule has 1 amide bonds. The van der Waals surface area contributed by atoms with Gasteiger partial charge in [0.1, 0.15) is 5.75 Å². The van der Waals surface area contributed by atoms with Crippen molar-refractivity contribution < 1.29 is 9.53 Å². The van der Waals surface area contributed by atoms with E-state index in [0.717, 1.165) is 29.2 Å². The molecule has 1 N–H and O–H groups in total. The standard InChI is InChI=1S/C17H19NO2S.C2H3N/c1-12-6-2-4-8-14(12)20-11-16(19)18-17-10-13-7-3-5-9-15(13)21-17;1-2-3/h2,4,6,8,10H,3,5,7,9,11H2,1H3,(H,18,19);1H3. The number of nitriles is 1. The van der Waals surface area contributed by atoms with Crippen LogP contribution in [0.3, 0.4) is 0 Å². The first kappa shape index (κ1) is 18.0. The van der Waals surface area contributed by atoms with Crippen molar-refractivity contribution in [3.8, 4) is 11.8 Å². The first-order chi connectivity index (χ1) is 11.6. The lowest BCUT2D eigenvalue weighted by atomic mass is 10.00. The summed E-state index contributed by atoms with van der Waals surface area (Å²) in [6.07, 6.45) is 4.81. The van der Waals surface area contributed by atoms with Crippen LogP contribution in [0.25, 0.3) is 0 Å². The molecule has 0 saturated carbocycles. The molecule has 3 rings (SSSR count). The van der Waals surface area contributed by atoms with Crippen molar-refractivity contribution in [2.45, 2.75) is 39.5 Å². The summed E-state index contributed by atoms with van der Waals surface area (Å²) in [5.41, 5.74) is 2.44. The highest BCUT2D eigenvalue weighted by Gasteiger charge is 2.14. The average molecular weight is 342 g/mol. The molecule has 24 heavy (non-hydrogen) atoms. The number of fused-ring (bicyclic) bond motifs is 1. The number of aryl methyl sites for hydroxylation is 3. The van der Waals surface area contributed by atoms with E-state index in [2.05, 4.69) is 11.4 Å². The summed E-state index contributed by atoms with van der Waals surface area (Å²) < 4.78 is 5.57. The second-order valence-corrected chi connectivity index (χ2v) is 6.73. The fourth-order valence-corrected chi connectivity index (χ4v) is 3.76. The second kappa shape index (κ2) is 9.09. The lowest BCUT2D eigenvalue weighted by Crippen LogP contribution is -2.19. The van der Waals surface area contributed by atoms with Gasteiger partial charge in [-0.1, -0.05) is 18.2 Å². The maximum absolute atomic E-state index is 12.0. The zero-order valence-corrected chi connectivity index (χ0v) is 14.9. The third-order valence-corrected chi connectivity index (χ3v) is 4.86. The maximum atomic E-state index is 12.0. The highest BCUT2D eigenvalue weighted by Crippen LogP contribution is 2.32. The molecule has 0 saturated heterocycles. The van der Waals surface area contributed by atoms with Crippen LogP contribution >= 0.6 is 11.3 Å². The minimum Gasteiger partial charge on any atom is -0.483 e. The van der Waals surface area contributed by atoms with Crippen LogP contribution in [0.5, 0.6) is 5.75 Å². The molecular formula is C19H22N2O2S. The number of hydrogen-bond donors (Lipinski definition) is 1. The lowest BCUT2D eigenvalue weighted by Gasteiger charge is -2.08. The van der Waals surface area contributed by atoms with Gasteiger partial charge in [0.25, 0.3) is 5.91 Å². The third-order valence-electron chi connectivity index (χ3n) is 3.71. The Labute approximate surface area is 147 Å². The Morgan fingerprint density at radius 3 is 2.75 bits per heavy atom. The fraction of sp³-hybridized carbons (Fsp3) is 0.368. The van der Waals surface area contributed by atoms with Gasteiger partial charge in [-0.15, -0.1) is 11.3 Å². The Kier molecular flexibility index (Phi) is 6.83. The average Bonchev–Trinajstić information content (AvgIpc) is 2.97. The van der Waals surface area contributed by atoms with E-state index in [4.69, 9.17) is 10.00 Å². The van der Waals surface area contributed by atoms with E-state index >= 15 is 0 Å². The minimum absolute atomic E-state index is 0.0490. The number of nitrogens with zero attached hydrogens (tertiary/aromatic N) is 1. The van der Waals surface area contributed by atoms with Crippen molar-refractivity contribution in [2.24, 2.45) is 0 Å². The largest absolute Gasteiger partial charge is 0.483 e. The molecular weight excluding hydrogens is 320 g/mol. The van der Waals surface area contributed by atoms with E-state index in [-0.39, 0.29) is 12.5 Å². The zero-order valence-electron chi connectivity index (χ0n) is 14.1. The monoisotopic (exact) mass is 342 g/mol. The van der Waals surface area contributed by atoms with Gasteiger partial charge in [0.05, 0.1) is 11.1 Å². The molecule has 0 aliphatic heterocycles. The van der Waals surface area contributed by atoms with E-state index in [1.54, 1.807) is 17.4 Å². The number of amides is 1. The smallest absolute Gasteiger partial charge is 0.262 e. The number of hydrogen-bond acceptors (Lipinski definition) is 4. The van der Waals surface area contributed by atoms with E-state index in [0.29, 0.717) is 0 Å². The molecule has 0 radical (unpaired) electrons. The van der Waals surface area contributed by atoms with Crippen LogP contribution in [0, 0.1) is 18.3 Å². The van der Waals surface area contributed by atoms with Crippen molar-refractivity contribution in [1.29, 1.82) is 5.26 Å². The molecule has 2 aromatic rings. The van der Waals surface area contributed by atoms with Crippen LogP contribution in [0.2, 0.25) is 0 Å². The molecule has 5 heteroatoms. The number of ether oxygens (including phenoxy) is 1. The van der Waals surface area contributed by atoms with Crippen molar-refractivity contribution in [3.05, 3.63) is 46.3 Å². The molecule has 126 valence electrons. The number of para-hydroxylation sites is 1. The number of anilines is 1. The number of benzene rings is 1. The van der Waals surface area contributed by atoms with Gasteiger partial charge in [-0.25, -0.2) is 0 Å². The summed E-state index contributed by atoms with van der Waals surface area (Å²) in [7, 11) is 0. The van der Waals surface area contributed by atoms with E-state index in [1.165, 1.54) is 30.2 Å². The Morgan fingerprint density at radius 2 is 2.04 bits per heavy atom. The van der Waals surface area contributed by atoms with Crippen molar-refractivity contribution >= 4 is 22.2 Å². The quantitative estimate of drug-likeness (QED) is 0.891. The van der Waals surface area contributed by atoms with Gasteiger partial charge in [0.2, 0.25) is 0 Å². The molecule has 0 atom stereocenters. The number of carbonyl (C=O) groups is 1. The molecule has 0 fully saturated rings. The first-order valence-electron chi connectivity index (χ1n) is 8.04. The van der Waals surface area contributed by atoms with Gasteiger partial charge in [-0.3, -0.25) is 4.79 Å². The Bertz CT molecular complexity index is 708. The minimum atomic E-state index is -0.100. The molecule has 0 spiro atoms. The van der Waals surface area contributed by atoms with E-state index in [1.807, 2.05) is 31.2 Å². The topological polar surface area (TPSA) is 62.1 Å². The number of carbonyl (C=O) groups excluding carboxylic acids is 1. The summed E-state index contributed by atoms with van der Waals surface area (Å²) in [5, 5.41) is 11.2. The van der Waals surface area contributed by atoms with Crippen LogP contribution < -0.4 is 10.1 Å². The Hall–Kier alpha value is -2.32. The van der Waals surface area contributed by atoms with Crippen LogP contribution in [0.1, 0.15) is 35.8 Å². The normalized spacial score (nSPS) is 12.2. The molecule has 4 nitrogen and oxygen atoms in total. The first-order valence-corrected chi connectivity index (χ1v) is 8.86. The summed E-state index contributed by atoms with van der Waals surface area (Å²) in [6.45, 7) is 3.45. The van der Waals surface area contributed by atoms with Crippen molar-refractivity contribution in [2.75, 3.05) is 11.9 Å². The molecule has 1 aromatic carbocycles. The SMILES string of the molecule is CC#N.Cc1ccccc1OCC(=O)Nc1cc2c(s1)CCCC2.